The van der Waals surface area contributed by atoms with Crippen LogP contribution in [0, 0.1) is 5.92 Å². The molecule has 1 aliphatic rings. The number of benzene rings is 1. The molecule has 23 heavy (non-hydrogen) atoms. The molecule has 1 aliphatic carbocycles. The highest BCUT2D eigenvalue weighted by Gasteiger charge is 2.21. The van der Waals surface area contributed by atoms with Crippen molar-refractivity contribution in [2.24, 2.45) is 5.92 Å². The van der Waals surface area contributed by atoms with E-state index in [1.54, 1.807) is 24.3 Å². The Balaban J connectivity index is 1.69. The van der Waals surface area contributed by atoms with Crippen LogP contribution in [0.1, 0.15) is 49.9 Å². The largest absolute Gasteiger partial charge is 0.376 e. The molecule has 2 amide bonds. The van der Waals surface area contributed by atoms with Gasteiger partial charge in [0, 0.05) is 17.8 Å². The summed E-state index contributed by atoms with van der Waals surface area (Å²) in [5.74, 6) is 0.580. The van der Waals surface area contributed by atoms with Crippen LogP contribution < -0.4 is 10.6 Å². The molecule has 0 aromatic heterocycles. The van der Waals surface area contributed by atoms with Crippen molar-refractivity contribution >= 4 is 17.5 Å². The lowest BCUT2D eigenvalue weighted by Gasteiger charge is -2.28. The van der Waals surface area contributed by atoms with E-state index in [4.69, 9.17) is 4.74 Å². The molecule has 1 saturated carbocycles. The van der Waals surface area contributed by atoms with E-state index in [0.717, 1.165) is 6.42 Å². The van der Waals surface area contributed by atoms with E-state index >= 15 is 0 Å². The number of hydrogen-bond acceptors (Lipinski definition) is 3. The number of hydrogen-bond donors (Lipinski definition) is 2. The highest BCUT2D eigenvalue weighted by molar-refractivity contribution is 5.96. The first kappa shape index (κ1) is 17.5. The highest BCUT2D eigenvalue weighted by Crippen LogP contribution is 2.25. The van der Waals surface area contributed by atoms with Crippen LogP contribution in [0.5, 0.6) is 0 Å². The number of amides is 2. The van der Waals surface area contributed by atoms with Crippen molar-refractivity contribution in [3.8, 4) is 0 Å². The SMILES string of the molecule is CC(=O)c1cccc(NC(=O)NCCO[C@@H]2CCCC[C@@H]2C)c1. The summed E-state index contributed by atoms with van der Waals surface area (Å²) in [5, 5.41) is 5.50. The molecule has 0 heterocycles. The molecule has 1 aromatic rings. The van der Waals surface area contributed by atoms with Gasteiger partial charge in [0.1, 0.15) is 0 Å². The average molecular weight is 318 g/mol. The lowest BCUT2D eigenvalue weighted by Crippen LogP contribution is -2.34. The molecule has 2 atom stereocenters. The van der Waals surface area contributed by atoms with Gasteiger partial charge in [0.15, 0.2) is 5.78 Å². The zero-order valence-electron chi connectivity index (χ0n) is 13.9. The second kappa shape index (κ2) is 8.67. The second-order valence-corrected chi connectivity index (χ2v) is 6.19. The number of carbonyl (C=O) groups is 2. The summed E-state index contributed by atoms with van der Waals surface area (Å²) in [6.07, 6.45) is 5.19. The van der Waals surface area contributed by atoms with Crippen molar-refractivity contribution in [1.82, 2.24) is 5.32 Å². The summed E-state index contributed by atoms with van der Waals surface area (Å²) in [6, 6.07) is 6.62. The molecule has 0 aliphatic heterocycles. The van der Waals surface area contributed by atoms with E-state index in [1.165, 1.54) is 26.2 Å². The minimum Gasteiger partial charge on any atom is -0.376 e. The van der Waals surface area contributed by atoms with E-state index in [0.29, 0.717) is 36.4 Å². The number of anilines is 1. The van der Waals surface area contributed by atoms with Crippen LogP contribution in [0.2, 0.25) is 0 Å². The van der Waals surface area contributed by atoms with Crippen LogP contribution in [0.15, 0.2) is 24.3 Å². The van der Waals surface area contributed by atoms with Crippen molar-refractivity contribution in [3.05, 3.63) is 29.8 Å². The van der Waals surface area contributed by atoms with Gasteiger partial charge in [0.25, 0.3) is 0 Å². The summed E-state index contributed by atoms with van der Waals surface area (Å²) in [4.78, 5) is 23.2. The Labute approximate surface area is 137 Å². The van der Waals surface area contributed by atoms with Gasteiger partial charge in [-0.25, -0.2) is 4.79 Å². The van der Waals surface area contributed by atoms with Gasteiger partial charge >= 0.3 is 6.03 Å². The van der Waals surface area contributed by atoms with E-state index in [1.807, 2.05) is 0 Å². The number of ketones is 1. The Morgan fingerprint density at radius 1 is 1.26 bits per heavy atom. The van der Waals surface area contributed by atoms with Gasteiger partial charge in [-0.05, 0) is 37.8 Å². The minimum atomic E-state index is -0.286. The highest BCUT2D eigenvalue weighted by atomic mass is 16.5. The van der Waals surface area contributed by atoms with E-state index in [2.05, 4.69) is 17.6 Å². The standard InChI is InChI=1S/C18H26N2O3/c1-13-6-3-4-9-17(13)23-11-10-19-18(22)20-16-8-5-7-15(12-16)14(2)21/h5,7-8,12-13,17H,3-4,6,9-11H2,1-2H3,(H2,19,20,22)/t13-,17+/m0/s1. The van der Waals surface area contributed by atoms with Gasteiger partial charge in [-0.2, -0.15) is 0 Å². The fraction of sp³-hybridized carbons (Fsp3) is 0.556. The third-order valence-corrected chi connectivity index (χ3v) is 4.28. The molecule has 0 spiro atoms. The minimum absolute atomic E-state index is 0.0240. The maximum absolute atomic E-state index is 11.8. The third kappa shape index (κ3) is 5.67. The lowest BCUT2D eigenvalue weighted by atomic mass is 9.88. The molecule has 0 saturated heterocycles. The van der Waals surface area contributed by atoms with E-state index < -0.39 is 0 Å². The molecule has 2 rings (SSSR count). The zero-order valence-corrected chi connectivity index (χ0v) is 13.9. The zero-order chi connectivity index (χ0) is 16.7. The van der Waals surface area contributed by atoms with Gasteiger partial charge in [-0.1, -0.05) is 31.9 Å². The summed E-state index contributed by atoms with van der Waals surface area (Å²) in [6.45, 7) is 4.73. The maximum Gasteiger partial charge on any atom is 0.319 e. The smallest absolute Gasteiger partial charge is 0.319 e. The molecule has 1 fully saturated rings. The predicted octanol–water partition coefficient (Wildman–Crippen LogP) is 3.61. The fourth-order valence-electron chi connectivity index (χ4n) is 2.90. The quantitative estimate of drug-likeness (QED) is 0.622. The molecular formula is C18H26N2O3. The van der Waals surface area contributed by atoms with Crippen molar-refractivity contribution in [1.29, 1.82) is 0 Å². The topological polar surface area (TPSA) is 67.4 Å². The molecule has 0 unspecified atom stereocenters. The molecule has 0 radical (unpaired) electrons. The first-order chi connectivity index (χ1) is 11.1. The monoisotopic (exact) mass is 318 g/mol. The number of Topliss-reactive ketones (excluding diaryl/α,β-unsaturated/α-hetero) is 1. The first-order valence-corrected chi connectivity index (χ1v) is 8.33. The molecule has 0 bridgehead atoms. The number of nitrogens with one attached hydrogen (secondary N) is 2. The summed E-state index contributed by atoms with van der Waals surface area (Å²) >= 11 is 0. The van der Waals surface area contributed by atoms with Crippen molar-refractivity contribution in [3.63, 3.8) is 0 Å². The number of ether oxygens (including phenoxy) is 1. The van der Waals surface area contributed by atoms with Crippen LogP contribution in [-0.2, 0) is 4.74 Å². The van der Waals surface area contributed by atoms with Gasteiger partial charge in [0.05, 0.1) is 12.7 Å². The van der Waals surface area contributed by atoms with Crippen molar-refractivity contribution in [2.45, 2.75) is 45.6 Å². The maximum atomic E-state index is 11.8. The molecule has 1 aromatic carbocycles. The predicted molar refractivity (Wildman–Crippen MR) is 90.8 cm³/mol. The number of carbonyl (C=O) groups excluding carboxylic acids is 2. The van der Waals surface area contributed by atoms with Gasteiger partial charge in [-0.3, -0.25) is 4.79 Å². The molecule has 5 nitrogen and oxygen atoms in total. The molecule has 5 heteroatoms. The van der Waals surface area contributed by atoms with Gasteiger partial charge < -0.3 is 15.4 Å². The Hall–Kier alpha value is -1.88. The Kier molecular flexibility index (Phi) is 6.59. The van der Waals surface area contributed by atoms with Crippen LogP contribution >= 0.6 is 0 Å². The summed E-state index contributed by atoms with van der Waals surface area (Å²) in [7, 11) is 0. The van der Waals surface area contributed by atoms with Crippen LogP contribution in [0.4, 0.5) is 10.5 Å². The second-order valence-electron chi connectivity index (χ2n) is 6.19. The average Bonchev–Trinajstić information content (AvgIpc) is 2.53. The molecular weight excluding hydrogens is 292 g/mol. The number of rotatable bonds is 6. The third-order valence-electron chi connectivity index (χ3n) is 4.28. The molecule has 2 N–H and O–H groups in total. The van der Waals surface area contributed by atoms with Crippen molar-refractivity contribution in [2.75, 3.05) is 18.5 Å². The first-order valence-electron chi connectivity index (χ1n) is 8.33. The van der Waals surface area contributed by atoms with Gasteiger partial charge in [-0.15, -0.1) is 0 Å². The van der Waals surface area contributed by atoms with Crippen molar-refractivity contribution < 1.29 is 14.3 Å². The van der Waals surface area contributed by atoms with Crippen LogP contribution in [-0.4, -0.2) is 31.1 Å². The summed E-state index contributed by atoms with van der Waals surface area (Å²) < 4.78 is 5.86. The Morgan fingerprint density at radius 2 is 2.04 bits per heavy atom. The molecule has 126 valence electrons. The number of urea groups is 1. The summed E-state index contributed by atoms with van der Waals surface area (Å²) in [5.41, 5.74) is 1.19. The Bertz CT molecular complexity index is 545. The normalized spacial score (nSPS) is 20.8. The van der Waals surface area contributed by atoms with Gasteiger partial charge in [0.2, 0.25) is 0 Å². The van der Waals surface area contributed by atoms with Crippen LogP contribution in [0.25, 0.3) is 0 Å². The van der Waals surface area contributed by atoms with E-state index in [-0.39, 0.29) is 11.8 Å². The van der Waals surface area contributed by atoms with Crippen LogP contribution in [0.3, 0.4) is 0 Å². The lowest BCUT2D eigenvalue weighted by molar-refractivity contribution is -0.00232. The fourth-order valence-corrected chi connectivity index (χ4v) is 2.90. The Morgan fingerprint density at radius 3 is 2.78 bits per heavy atom. The van der Waals surface area contributed by atoms with E-state index in [9.17, 15) is 9.59 Å².